The summed E-state index contributed by atoms with van der Waals surface area (Å²) in [5, 5.41) is 12.2. The van der Waals surface area contributed by atoms with Gasteiger partial charge in [0.05, 0.1) is 6.61 Å². The van der Waals surface area contributed by atoms with Crippen molar-refractivity contribution in [3.05, 3.63) is 6.07 Å². The van der Waals surface area contributed by atoms with E-state index < -0.39 is 0 Å². The summed E-state index contributed by atoms with van der Waals surface area (Å²) in [5.41, 5.74) is 5.69. The highest BCUT2D eigenvalue weighted by Gasteiger charge is 2.30. The second-order valence-electron chi connectivity index (χ2n) is 4.15. The molecule has 0 amide bonds. The zero-order valence-electron chi connectivity index (χ0n) is 10.1. The number of rotatable bonds is 6. The van der Waals surface area contributed by atoms with Crippen LogP contribution in [0.3, 0.4) is 0 Å². The topological polar surface area (TPSA) is 87.3 Å². The van der Waals surface area contributed by atoms with E-state index in [1.807, 2.05) is 13.0 Å². The van der Waals surface area contributed by atoms with Crippen molar-refractivity contribution in [3.63, 3.8) is 0 Å². The summed E-state index contributed by atoms with van der Waals surface area (Å²) in [6, 6.07) is 2.37. The van der Waals surface area contributed by atoms with Crippen molar-refractivity contribution in [2.45, 2.75) is 25.8 Å². The van der Waals surface area contributed by atoms with E-state index in [0.29, 0.717) is 12.6 Å². The van der Waals surface area contributed by atoms with Gasteiger partial charge in [-0.1, -0.05) is 0 Å². The van der Waals surface area contributed by atoms with E-state index in [1.54, 1.807) is 0 Å². The summed E-state index contributed by atoms with van der Waals surface area (Å²) in [4.78, 5) is 10.4. The van der Waals surface area contributed by atoms with Crippen molar-refractivity contribution in [2.24, 2.45) is 0 Å². The highest BCUT2D eigenvalue weighted by molar-refractivity contribution is 5.53. The lowest BCUT2D eigenvalue weighted by Crippen LogP contribution is -2.30. The molecule has 0 bridgehead atoms. The SMILES string of the molecule is CCNc1cc(N(CCO)C2CC2)nc(N)n1. The van der Waals surface area contributed by atoms with Crippen LogP contribution in [0.15, 0.2) is 6.07 Å². The highest BCUT2D eigenvalue weighted by atomic mass is 16.3. The number of nitrogens with zero attached hydrogens (tertiary/aromatic N) is 3. The van der Waals surface area contributed by atoms with Gasteiger partial charge in [-0.3, -0.25) is 0 Å². The lowest BCUT2D eigenvalue weighted by Gasteiger charge is -2.23. The first-order chi connectivity index (χ1) is 8.24. The first kappa shape index (κ1) is 11.9. The molecule has 0 aromatic carbocycles. The number of aliphatic hydroxyl groups is 1. The monoisotopic (exact) mass is 237 g/mol. The van der Waals surface area contributed by atoms with Crippen LogP contribution in [-0.2, 0) is 0 Å². The summed E-state index contributed by atoms with van der Waals surface area (Å²) in [6.45, 7) is 3.51. The summed E-state index contributed by atoms with van der Waals surface area (Å²) in [7, 11) is 0. The second-order valence-corrected chi connectivity index (χ2v) is 4.15. The van der Waals surface area contributed by atoms with Crippen LogP contribution in [0.5, 0.6) is 0 Å². The normalized spacial score (nSPS) is 14.7. The van der Waals surface area contributed by atoms with Crippen molar-refractivity contribution in [2.75, 3.05) is 35.6 Å². The molecule has 1 heterocycles. The van der Waals surface area contributed by atoms with Crippen LogP contribution in [0.25, 0.3) is 0 Å². The molecule has 17 heavy (non-hydrogen) atoms. The zero-order valence-corrected chi connectivity index (χ0v) is 10.1. The number of aliphatic hydroxyl groups excluding tert-OH is 1. The number of nitrogen functional groups attached to an aromatic ring is 1. The van der Waals surface area contributed by atoms with Crippen LogP contribution in [0.1, 0.15) is 19.8 Å². The number of nitrogens with one attached hydrogen (secondary N) is 1. The lowest BCUT2D eigenvalue weighted by atomic mass is 10.4. The van der Waals surface area contributed by atoms with Gasteiger partial charge >= 0.3 is 0 Å². The summed E-state index contributed by atoms with van der Waals surface area (Å²) >= 11 is 0. The van der Waals surface area contributed by atoms with Crippen LogP contribution >= 0.6 is 0 Å². The van der Waals surface area contributed by atoms with Crippen LogP contribution < -0.4 is 16.0 Å². The Morgan fingerprint density at radius 3 is 2.88 bits per heavy atom. The Hall–Kier alpha value is -1.56. The standard InChI is InChI=1S/C11H19N5O/c1-2-13-9-7-10(15-11(12)14-9)16(5-6-17)8-3-4-8/h7-8,17H,2-6H2,1H3,(H3,12,13,14,15). The molecule has 6 heteroatoms. The van der Waals surface area contributed by atoms with Crippen molar-refractivity contribution in [1.29, 1.82) is 0 Å². The predicted octanol–water partition coefficient (Wildman–Crippen LogP) is 0.452. The second kappa shape index (κ2) is 5.18. The Morgan fingerprint density at radius 2 is 2.29 bits per heavy atom. The predicted molar refractivity (Wildman–Crippen MR) is 68.1 cm³/mol. The number of aromatic nitrogens is 2. The maximum absolute atomic E-state index is 9.08. The number of hydrogen-bond donors (Lipinski definition) is 3. The molecule has 2 rings (SSSR count). The van der Waals surface area contributed by atoms with Gasteiger partial charge < -0.3 is 21.1 Å². The molecule has 6 nitrogen and oxygen atoms in total. The number of anilines is 3. The van der Waals surface area contributed by atoms with Crippen molar-refractivity contribution in [3.8, 4) is 0 Å². The molecule has 0 radical (unpaired) electrons. The van der Waals surface area contributed by atoms with E-state index in [1.165, 1.54) is 0 Å². The molecule has 4 N–H and O–H groups in total. The maximum Gasteiger partial charge on any atom is 0.223 e. The largest absolute Gasteiger partial charge is 0.395 e. The minimum atomic E-state index is 0.122. The molecule has 0 atom stereocenters. The Morgan fingerprint density at radius 1 is 1.53 bits per heavy atom. The van der Waals surface area contributed by atoms with Gasteiger partial charge in [-0.25, -0.2) is 0 Å². The zero-order chi connectivity index (χ0) is 12.3. The molecular formula is C11H19N5O. The van der Waals surface area contributed by atoms with Gasteiger partial charge in [0.2, 0.25) is 5.95 Å². The molecule has 94 valence electrons. The summed E-state index contributed by atoms with van der Waals surface area (Å²) < 4.78 is 0. The van der Waals surface area contributed by atoms with Crippen molar-refractivity contribution < 1.29 is 5.11 Å². The quantitative estimate of drug-likeness (QED) is 0.666. The Bertz CT molecular complexity index is 380. The van der Waals surface area contributed by atoms with E-state index in [2.05, 4.69) is 20.2 Å². The molecular weight excluding hydrogens is 218 g/mol. The maximum atomic E-state index is 9.08. The van der Waals surface area contributed by atoms with Gasteiger partial charge in [0.1, 0.15) is 11.6 Å². The third kappa shape index (κ3) is 2.97. The summed E-state index contributed by atoms with van der Waals surface area (Å²) in [6.07, 6.45) is 2.31. The van der Waals surface area contributed by atoms with Crippen molar-refractivity contribution in [1.82, 2.24) is 9.97 Å². The van der Waals surface area contributed by atoms with Gasteiger partial charge in [0.25, 0.3) is 0 Å². The fourth-order valence-corrected chi connectivity index (χ4v) is 1.85. The Balaban J connectivity index is 2.22. The third-order valence-electron chi connectivity index (χ3n) is 2.71. The molecule has 0 spiro atoms. The number of nitrogens with two attached hydrogens (primary N) is 1. The first-order valence-electron chi connectivity index (χ1n) is 6.00. The molecule has 1 fully saturated rings. The Labute approximate surface area is 101 Å². The molecule has 1 aliphatic rings. The smallest absolute Gasteiger partial charge is 0.223 e. The highest BCUT2D eigenvalue weighted by Crippen LogP contribution is 2.31. The van der Waals surface area contributed by atoms with Crippen LogP contribution in [0, 0.1) is 0 Å². The third-order valence-corrected chi connectivity index (χ3v) is 2.71. The summed E-state index contributed by atoms with van der Waals surface area (Å²) in [5.74, 6) is 1.80. The average molecular weight is 237 g/mol. The van der Waals surface area contributed by atoms with E-state index in [0.717, 1.165) is 31.0 Å². The lowest BCUT2D eigenvalue weighted by molar-refractivity contribution is 0.301. The fourth-order valence-electron chi connectivity index (χ4n) is 1.85. The average Bonchev–Trinajstić information content (AvgIpc) is 3.09. The van der Waals surface area contributed by atoms with Gasteiger partial charge in [-0.15, -0.1) is 0 Å². The van der Waals surface area contributed by atoms with Gasteiger partial charge in [0, 0.05) is 25.2 Å². The van der Waals surface area contributed by atoms with Gasteiger partial charge in [0.15, 0.2) is 0 Å². The van der Waals surface area contributed by atoms with Crippen LogP contribution in [0.2, 0.25) is 0 Å². The molecule has 1 aromatic heterocycles. The molecule has 0 aliphatic heterocycles. The number of hydrogen-bond acceptors (Lipinski definition) is 6. The molecule has 1 aliphatic carbocycles. The van der Waals surface area contributed by atoms with E-state index in [9.17, 15) is 0 Å². The fraction of sp³-hybridized carbons (Fsp3) is 0.636. The van der Waals surface area contributed by atoms with Crippen LogP contribution in [0.4, 0.5) is 17.6 Å². The van der Waals surface area contributed by atoms with Gasteiger partial charge in [-0.05, 0) is 19.8 Å². The van der Waals surface area contributed by atoms with E-state index in [-0.39, 0.29) is 12.6 Å². The molecule has 1 aromatic rings. The molecule has 1 saturated carbocycles. The molecule has 0 saturated heterocycles. The first-order valence-corrected chi connectivity index (χ1v) is 6.00. The van der Waals surface area contributed by atoms with Gasteiger partial charge in [-0.2, -0.15) is 9.97 Å². The van der Waals surface area contributed by atoms with E-state index in [4.69, 9.17) is 10.8 Å². The van der Waals surface area contributed by atoms with Crippen molar-refractivity contribution >= 4 is 17.6 Å². The van der Waals surface area contributed by atoms with Crippen LogP contribution in [-0.4, -0.2) is 40.8 Å². The Kier molecular flexibility index (Phi) is 3.63. The minimum absolute atomic E-state index is 0.122. The van der Waals surface area contributed by atoms with E-state index >= 15 is 0 Å². The molecule has 0 unspecified atom stereocenters. The minimum Gasteiger partial charge on any atom is -0.395 e.